The first-order chi connectivity index (χ1) is 18.9. The number of carbonyl (C=O) groups is 3. The molecule has 10 nitrogen and oxygen atoms in total. The van der Waals surface area contributed by atoms with Crippen molar-refractivity contribution in [2.24, 2.45) is 0 Å². The van der Waals surface area contributed by atoms with Gasteiger partial charge in [0.1, 0.15) is 5.60 Å². The monoisotopic (exact) mass is 553 g/mol. The number of anilines is 4. The van der Waals surface area contributed by atoms with E-state index < -0.39 is 17.8 Å². The Bertz CT molecular complexity index is 1210. The van der Waals surface area contributed by atoms with Gasteiger partial charge in [-0.15, -0.1) is 0 Å². The van der Waals surface area contributed by atoms with Crippen molar-refractivity contribution in [1.29, 1.82) is 0 Å². The molecule has 0 bridgehead atoms. The van der Waals surface area contributed by atoms with Gasteiger partial charge in [0.2, 0.25) is 11.8 Å². The van der Waals surface area contributed by atoms with Crippen LogP contribution in [0.3, 0.4) is 0 Å². The Labute approximate surface area is 236 Å². The summed E-state index contributed by atoms with van der Waals surface area (Å²) in [5, 5.41) is 15.7. The first-order valence-corrected chi connectivity index (χ1v) is 13.9. The van der Waals surface area contributed by atoms with Crippen molar-refractivity contribution in [3.05, 3.63) is 47.5 Å². The molecule has 218 valence electrons. The van der Waals surface area contributed by atoms with Crippen LogP contribution in [0.5, 0.6) is 0 Å². The summed E-state index contributed by atoms with van der Waals surface area (Å²) in [5.74, 6) is 0.313. The van der Waals surface area contributed by atoms with Crippen molar-refractivity contribution in [3.8, 4) is 0 Å². The summed E-state index contributed by atoms with van der Waals surface area (Å²) in [6.45, 7) is 11.4. The Morgan fingerprint density at radius 1 is 0.950 bits per heavy atom. The maximum Gasteiger partial charge on any atom is 0.407 e. The molecule has 0 saturated heterocycles. The minimum atomic E-state index is -0.756. The SMILES string of the molecule is CCCN1C(=O)Cc2cc(N)ccc21.CCCN1C(=O)Cc2cc(NCC(O)CNC(=O)OC(C)(C)C)ccc21. The summed E-state index contributed by atoms with van der Waals surface area (Å²) in [6, 6.07) is 11.4. The van der Waals surface area contributed by atoms with E-state index in [1.54, 1.807) is 20.8 Å². The highest BCUT2D eigenvalue weighted by Gasteiger charge is 2.27. The van der Waals surface area contributed by atoms with E-state index in [4.69, 9.17) is 10.5 Å². The largest absolute Gasteiger partial charge is 0.444 e. The highest BCUT2D eigenvalue weighted by molar-refractivity contribution is 6.02. The van der Waals surface area contributed by atoms with Crippen LogP contribution in [0.1, 0.15) is 58.6 Å². The number of nitrogens with two attached hydrogens (primary N) is 1. The second-order valence-corrected chi connectivity index (χ2v) is 11.1. The van der Waals surface area contributed by atoms with Crippen LogP contribution in [0.25, 0.3) is 0 Å². The Morgan fingerprint density at radius 3 is 2.05 bits per heavy atom. The maximum atomic E-state index is 12.1. The van der Waals surface area contributed by atoms with Crippen molar-refractivity contribution < 1.29 is 24.2 Å². The lowest BCUT2D eigenvalue weighted by molar-refractivity contribution is -0.118. The van der Waals surface area contributed by atoms with Gasteiger partial charge in [0.25, 0.3) is 0 Å². The minimum Gasteiger partial charge on any atom is -0.444 e. The Morgan fingerprint density at radius 2 is 1.50 bits per heavy atom. The van der Waals surface area contributed by atoms with E-state index >= 15 is 0 Å². The van der Waals surface area contributed by atoms with Crippen LogP contribution in [0.4, 0.5) is 27.5 Å². The van der Waals surface area contributed by atoms with Crippen molar-refractivity contribution in [1.82, 2.24) is 5.32 Å². The lowest BCUT2D eigenvalue weighted by Gasteiger charge is -2.21. The third-order valence-electron chi connectivity index (χ3n) is 6.37. The lowest BCUT2D eigenvalue weighted by atomic mass is 10.1. The van der Waals surface area contributed by atoms with E-state index in [9.17, 15) is 19.5 Å². The van der Waals surface area contributed by atoms with Crippen molar-refractivity contribution >= 4 is 40.7 Å². The molecule has 0 fully saturated rings. The average molecular weight is 554 g/mol. The molecule has 10 heteroatoms. The molecule has 2 aliphatic heterocycles. The fraction of sp³-hybridized carbons (Fsp3) is 0.500. The number of nitrogens with one attached hydrogen (secondary N) is 2. The summed E-state index contributed by atoms with van der Waals surface area (Å²) in [5.41, 5.74) is 10.7. The van der Waals surface area contributed by atoms with E-state index in [-0.39, 0.29) is 24.9 Å². The number of carbonyl (C=O) groups excluding carboxylic acids is 3. The molecule has 2 aromatic carbocycles. The highest BCUT2D eigenvalue weighted by Crippen LogP contribution is 2.32. The summed E-state index contributed by atoms with van der Waals surface area (Å²) in [4.78, 5) is 38.9. The third-order valence-corrected chi connectivity index (χ3v) is 6.37. The molecule has 0 radical (unpaired) electrons. The molecule has 5 N–H and O–H groups in total. The Hall–Kier alpha value is -3.79. The highest BCUT2D eigenvalue weighted by atomic mass is 16.6. The second kappa shape index (κ2) is 13.5. The standard InChI is InChI=1S/C19H29N3O4.C11H14N2O/c1-5-8-22-16-7-6-14(9-13(16)10-17(22)24)20-11-15(23)12-21-18(25)26-19(2,3)4;1-2-5-13-10-4-3-9(12)6-8(10)7-11(13)14/h6-7,9,15,20,23H,5,8,10-12H2,1-4H3,(H,21,25);3-4,6H,2,5,7,12H2,1H3. The molecule has 1 atom stereocenters. The zero-order valence-electron chi connectivity index (χ0n) is 24.3. The molecule has 2 heterocycles. The fourth-order valence-electron chi connectivity index (χ4n) is 4.66. The molecule has 4 rings (SSSR count). The normalized spacial score (nSPS) is 14.8. The van der Waals surface area contributed by atoms with Crippen LogP contribution < -0.4 is 26.2 Å². The van der Waals surface area contributed by atoms with Gasteiger partial charge in [-0.3, -0.25) is 9.59 Å². The predicted molar refractivity (Wildman–Crippen MR) is 159 cm³/mol. The number of ether oxygens (including phenoxy) is 1. The number of benzene rings is 2. The van der Waals surface area contributed by atoms with E-state index in [1.807, 2.05) is 53.1 Å². The van der Waals surface area contributed by atoms with Crippen LogP contribution in [0, 0.1) is 0 Å². The van der Waals surface area contributed by atoms with Crippen molar-refractivity contribution in [2.45, 2.75) is 72.0 Å². The van der Waals surface area contributed by atoms with Gasteiger partial charge in [-0.2, -0.15) is 0 Å². The topological polar surface area (TPSA) is 137 Å². The summed E-state index contributed by atoms with van der Waals surface area (Å²) >= 11 is 0. The number of aliphatic hydroxyl groups excluding tert-OH is 1. The van der Waals surface area contributed by atoms with Gasteiger partial charge in [-0.05, 0) is 81.1 Å². The number of rotatable bonds is 9. The van der Waals surface area contributed by atoms with Gasteiger partial charge < -0.3 is 36.0 Å². The predicted octanol–water partition coefficient (Wildman–Crippen LogP) is 3.85. The summed E-state index contributed by atoms with van der Waals surface area (Å²) in [6.07, 6.45) is 1.50. The van der Waals surface area contributed by atoms with E-state index in [0.29, 0.717) is 12.8 Å². The van der Waals surface area contributed by atoms with Crippen LogP contribution in [-0.2, 0) is 27.2 Å². The molecular weight excluding hydrogens is 510 g/mol. The van der Waals surface area contributed by atoms with Crippen LogP contribution >= 0.6 is 0 Å². The molecule has 0 spiro atoms. The number of nitrogen functional groups attached to an aromatic ring is 1. The number of aliphatic hydroxyl groups is 1. The number of amides is 3. The zero-order valence-corrected chi connectivity index (χ0v) is 24.3. The number of alkyl carbamates (subject to hydrolysis) is 1. The molecule has 3 amide bonds. The molecule has 0 aromatic heterocycles. The van der Waals surface area contributed by atoms with Crippen LogP contribution in [0.2, 0.25) is 0 Å². The number of nitrogens with zero attached hydrogens (tertiary/aromatic N) is 2. The Kier molecular flexibility index (Phi) is 10.4. The fourth-order valence-corrected chi connectivity index (χ4v) is 4.66. The lowest BCUT2D eigenvalue weighted by Crippen LogP contribution is -2.39. The minimum absolute atomic E-state index is 0.0929. The zero-order chi connectivity index (χ0) is 29.4. The summed E-state index contributed by atoms with van der Waals surface area (Å²) < 4.78 is 5.12. The third kappa shape index (κ3) is 8.35. The maximum absolute atomic E-state index is 12.1. The molecule has 0 aliphatic carbocycles. The molecule has 0 saturated carbocycles. The van der Waals surface area contributed by atoms with E-state index in [1.165, 1.54) is 0 Å². The smallest absolute Gasteiger partial charge is 0.407 e. The molecule has 2 aromatic rings. The van der Waals surface area contributed by atoms with Gasteiger partial charge >= 0.3 is 6.09 Å². The van der Waals surface area contributed by atoms with Gasteiger partial charge in [-0.1, -0.05) is 13.8 Å². The van der Waals surface area contributed by atoms with Crippen molar-refractivity contribution in [2.75, 3.05) is 47.0 Å². The number of hydrogen-bond donors (Lipinski definition) is 4. The quantitative estimate of drug-likeness (QED) is 0.346. The van der Waals surface area contributed by atoms with Crippen LogP contribution in [-0.4, -0.2) is 60.9 Å². The first-order valence-electron chi connectivity index (χ1n) is 13.9. The molecular formula is C30H43N5O5. The first kappa shape index (κ1) is 30.7. The van der Waals surface area contributed by atoms with Gasteiger partial charge in [0.15, 0.2) is 0 Å². The second-order valence-electron chi connectivity index (χ2n) is 11.1. The molecule has 1 unspecified atom stereocenters. The molecule has 40 heavy (non-hydrogen) atoms. The average Bonchev–Trinajstić information content (AvgIpc) is 3.35. The van der Waals surface area contributed by atoms with E-state index in [2.05, 4.69) is 17.6 Å². The molecule has 2 aliphatic rings. The van der Waals surface area contributed by atoms with Gasteiger partial charge in [-0.25, -0.2) is 4.79 Å². The number of fused-ring (bicyclic) bond motifs is 2. The van der Waals surface area contributed by atoms with E-state index in [0.717, 1.165) is 59.8 Å². The number of hydrogen-bond acceptors (Lipinski definition) is 7. The van der Waals surface area contributed by atoms with Gasteiger partial charge in [0, 0.05) is 48.9 Å². The summed E-state index contributed by atoms with van der Waals surface area (Å²) in [7, 11) is 0. The van der Waals surface area contributed by atoms with Gasteiger partial charge in [0.05, 0.1) is 18.9 Å². The van der Waals surface area contributed by atoms with Crippen LogP contribution in [0.15, 0.2) is 36.4 Å². The van der Waals surface area contributed by atoms with Crippen molar-refractivity contribution in [3.63, 3.8) is 0 Å². The Balaban J connectivity index is 0.000000263.